The number of carbonyl (C=O) groups is 3. The number of rotatable bonds is 6. The Morgan fingerprint density at radius 3 is 2.62 bits per heavy atom. The fourth-order valence-corrected chi connectivity index (χ4v) is 2.04. The molecule has 1 aliphatic heterocycles. The molecule has 0 spiro atoms. The van der Waals surface area contributed by atoms with Gasteiger partial charge in [-0.25, -0.2) is 9.59 Å². The molecule has 2 amide bonds. The molecule has 1 aliphatic rings. The largest absolute Gasteiger partial charge is 0.509 e. The zero-order chi connectivity index (χ0) is 17.5. The highest BCUT2D eigenvalue weighted by Crippen LogP contribution is 2.09. The van der Waals surface area contributed by atoms with Crippen molar-refractivity contribution >= 4 is 29.8 Å². The molecule has 3 atom stereocenters. The van der Waals surface area contributed by atoms with Crippen molar-refractivity contribution in [2.24, 2.45) is 0 Å². The van der Waals surface area contributed by atoms with Gasteiger partial charge in [-0.15, -0.1) is 0 Å². The van der Waals surface area contributed by atoms with Crippen molar-refractivity contribution in [2.45, 2.75) is 31.2 Å². The minimum absolute atomic E-state index is 0.0854. The standard InChI is InChI=1S/C15H17ClN2O6/c1-9(16)24-15(21)23-8-11-12(13(19)17-11)18-14(20)22-7-10-5-3-2-4-6-10/h2-6,9,11-12H,7-8H2,1H3,(H,17,19)(H,18,20). The lowest BCUT2D eigenvalue weighted by Crippen LogP contribution is -2.70. The summed E-state index contributed by atoms with van der Waals surface area (Å²) in [7, 11) is 0. The summed E-state index contributed by atoms with van der Waals surface area (Å²) in [6.07, 6.45) is -1.69. The van der Waals surface area contributed by atoms with Crippen LogP contribution in [0, 0.1) is 0 Å². The molecule has 2 rings (SSSR count). The third-order valence-corrected chi connectivity index (χ3v) is 3.23. The predicted molar refractivity (Wildman–Crippen MR) is 83.2 cm³/mol. The van der Waals surface area contributed by atoms with Gasteiger partial charge in [0.25, 0.3) is 0 Å². The summed E-state index contributed by atoms with van der Waals surface area (Å²) in [4.78, 5) is 34.4. The van der Waals surface area contributed by atoms with Gasteiger partial charge in [0.15, 0.2) is 5.56 Å². The molecule has 1 heterocycles. The molecule has 1 aromatic rings. The van der Waals surface area contributed by atoms with Crippen molar-refractivity contribution in [1.82, 2.24) is 10.6 Å². The van der Waals surface area contributed by atoms with Crippen LogP contribution in [0.2, 0.25) is 0 Å². The Morgan fingerprint density at radius 1 is 1.29 bits per heavy atom. The molecule has 1 saturated heterocycles. The second-order valence-electron chi connectivity index (χ2n) is 5.02. The number of alkyl carbamates (subject to hydrolysis) is 1. The smallest absolute Gasteiger partial charge is 0.445 e. The van der Waals surface area contributed by atoms with Crippen LogP contribution in [0.3, 0.4) is 0 Å². The second kappa shape index (κ2) is 8.39. The lowest BCUT2D eigenvalue weighted by atomic mass is 10.0. The molecule has 9 heteroatoms. The lowest BCUT2D eigenvalue weighted by Gasteiger charge is -2.35. The molecule has 2 N–H and O–H groups in total. The van der Waals surface area contributed by atoms with Gasteiger partial charge in [-0.3, -0.25) is 4.79 Å². The highest BCUT2D eigenvalue weighted by Gasteiger charge is 2.41. The molecule has 0 radical (unpaired) electrons. The van der Waals surface area contributed by atoms with Crippen LogP contribution in [-0.2, 0) is 25.6 Å². The molecule has 1 aromatic carbocycles. The number of benzene rings is 1. The second-order valence-corrected chi connectivity index (χ2v) is 5.64. The Morgan fingerprint density at radius 2 is 2.00 bits per heavy atom. The van der Waals surface area contributed by atoms with E-state index in [1.807, 2.05) is 30.3 Å². The number of halogens is 1. The highest BCUT2D eigenvalue weighted by molar-refractivity contribution is 6.19. The van der Waals surface area contributed by atoms with E-state index < -0.39 is 29.9 Å². The zero-order valence-electron chi connectivity index (χ0n) is 12.9. The number of hydrogen-bond acceptors (Lipinski definition) is 6. The summed E-state index contributed by atoms with van der Waals surface area (Å²) in [5.41, 5.74) is -0.00102. The van der Waals surface area contributed by atoms with Gasteiger partial charge in [0.05, 0.1) is 6.04 Å². The van der Waals surface area contributed by atoms with Crippen LogP contribution < -0.4 is 10.6 Å². The Kier molecular flexibility index (Phi) is 6.25. The molecule has 0 saturated carbocycles. The highest BCUT2D eigenvalue weighted by atomic mass is 35.5. The van der Waals surface area contributed by atoms with Gasteiger partial charge >= 0.3 is 12.2 Å². The van der Waals surface area contributed by atoms with Crippen LogP contribution in [-0.4, -0.2) is 42.4 Å². The summed E-state index contributed by atoms with van der Waals surface area (Å²) < 4.78 is 14.4. The van der Waals surface area contributed by atoms with Crippen LogP contribution in [0.5, 0.6) is 0 Å². The Labute approximate surface area is 143 Å². The first-order valence-electron chi connectivity index (χ1n) is 7.21. The van der Waals surface area contributed by atoms with Gasteiger partial charge in [-0.2, -0.15) is 0 Å². The normalized spacial score (nSPS) is 20.2. The number of β-lactam (4-membered cyclic amide) rings is 1. The average molecular weight is 357 g/mol. The fraction of sp³-hybridized carbons (Fsp3) is 0.400. The van der Waals surface area contributed by atoms with Gasteiger partial charge < -0.3 is 24.8 Å². The van der Waals surface area contributed by atoms with Crippen LogP contribution >= 0.6 is 11.6 Å². The van der Waals surface area contributed by atoms with Crippen LogP contribution in [0.15, 0.2) is 30.3 Å². The third kappa shape index (κ3) is 5.31. The molecular formula is C15H17ClN2O6. The van der Waals surface area contributed by atoms with Crippen LogP contribution in [0.1, 0.15) is 12.5 Å². The van der Waals surface area contributed by atoms with Gasteiger partial charge in [-0.1, -0.05) is 41.9 Å². The minimum atomic E-state index is -0.955. The summed E-state index contributed by atoms with van der Waals surface area (Å²) in [6.45, 7) is 1.39. The Bertz CT molecular complexity index is 595. The van der Waals surface area contributed by atoms with E-state index in [1.54, 1.807) is 0 Å². The van der Waals surface area contributed by atoms with Crippen molar-refractivity contribution in [1.29, 1.82) is 0 Å². The Balaban J connectivity index is 1.73. The van der Waals surface area contributed by atoms with E-state index in [-0.39, 0.29) is 19.1 Å². The first kappa shape index (κ1) is 17.9. The van der Waals surface area contributed by atoms with Gasteiger partial charge in [-0.05, 0) is 12.5 Å². The van der Waals surface area contributed by atoms with E-state index in [4.69, 9.17) is 21.1 Å². The Hall–Kier alpha value is -2.48. The SMILES string of the molecule is CC(Cl)OC(=O)OCC1NC(=O)C1NC(=O)OCc1ccccc1. The van der Waals surface area contributed by atoms with E-state index in [2.05, 4.69) is 15.4 Å². The van der Waals surface area contributed by atoms with E-state index in [0.717, 1.165) is 5.56 Å². The van der Waals surface area contributed by atoms with Crippen molar-refractivity contribution in [3.8, 4) is 0 Å². The maximum atomic E-state index is 11.7. The fourth-order valence-electron chi connectivity index (χ4n) is 1.96. The summed E-state index contributed by atoms with van der Waals surface area (Å²) in [6, 6.07) is 7.72. The van der Waals surface area contributed by atoms with Crippen molar-refractivity contribution in [3.05, 3.63) is 35.9 Å². The number of amides is 2. The van der Waals surface area contributed by atoms with Crippen molar-refractivity contribution in [3.63, 3.8) is 0 Å². The predicted octanol–water partition coefficient (Wildman–Crippen LogP) is 1.52. The average Bonchev–Trinajstić information content (AvgIpc) is 2.54. The monoisotopic (exact) mass is 356 g/mol. The molecule has 3 unspecified atom stereocenters. The summed E-state index contributed by atoms with van der Waals surface area (Å²) >= 11 is 5.48. The first-order chi connectivity index (χ1) is 11.5. The maximum absolute atomic E-state index is 11.7. The van der Waals surface area contributed by atoms with Crippen LogP contribution in [0.4, 0.5) is 9.59 Å². The lowest BCUT2D eigenvalue weighted by molar-refractivity contribution is -0.133. The first-order valence-corrected chi connectivity index (χ1v) is 7.64. The molecular weight excluding hydrogens is 340 g/mol. The number of hydrogen-bond donors (Lipinski definition) is 2. The maximum Gasteiger partial charge on any atom is 0.509 e. The van der Waals surface area contributed by atoms with E-state index in [9.17, 15) is 14.4 Å². The van der Waals surface area contributed by atoms with Crippen molar-refractivity contribution in [2.75, 3.05) is 6.61 Å². The molecule has 0 bridgehead atoms. The minimum Gasteiger partial charge on any atom is -0.445 e. The van der Waals surface area contributed by atoms with E-state index >= 15 is 0 Å². The quantitative estimate of drug-likeness (QED) is 0.455. The number of nitrogens with one attached hydrogen (secondary N) is 2. The zero-order valence-corrected chi connectivity index (χ0v) is 13.6. The molecule has 8 nitrogen and oxygen atoms in total. The topological polar surface area (TPSA) is 103 Å². The van der Waals surface area contributed by atoms with Gasteiger partial charge in [0, 0.05) is 0 Å². The van der Waals surface area contributed by atoms with Crippen molar-refractivity contribution < 1.29 is 28.6 Å². The van der Waals surface area contributed by atoms with E-state index in [1.165, 1.54) is 6.92 Å². The molecule has 0 aliphatic carbocycles. The molecule has 1 fully saturated rings. The van der Waals surface area contributed by atoms with Crippen LogP contribution in [0.25, 0.3) is 0 Å². The molecule has 130 valence electrons. The number of ether oxygens (including phenoxy) is 3. The molecule has 0 aromatic heterocycles. The molecule has 24 heavy (non-hydrogen) atoms. The third-order valence-electron chi connectivity index (χ3n) is 3.14. The summed E-state index contributed by atoms with van der Waals surface area (Å²) in [5.74, 6) is -0.390. The van der Waals surface area contributed by atoms with E-state index in [0.29, 0.717) is 0 Å². The summed E-state index contributed by atoms with van der Waals surface area (Å²) in [5, 5.41) is 4.93. The van der Waals surface area contributed by atoms with Gasteiger partial charge in [0.1, 0.15) is 19.3 Å². The number of carbonyl (C=O) groups excluding carboxylic acids is 3. The van der Waals surface area contributed by atoms with Gasteiger partial charge in [0.2, 0.25) is 5.91 Å². The number of alkyl halides is 1.